The van der Waals surface area contributed by atoms with Crippen LogP contribution >= 0.6 is 11.6 Å². The average Bonchev–Trinajstić information content (AvgIpc) is 2.43. The van der Waals surface area contributed by atoms with E-state index in [1.807, 2.05) is 11.9 Å². The predicted molar refractivity (Wildman–Crippen MR) is 55.0 cm³/mol. The van der Waals surface area contributed by atoms with Gasteiger partial charge in [-0.05, 0) is 12.8 Å². The van der Waals surface area contributed by atoms with Gasteiger partial charge in [0.05, 0.1) is 0 Å². The van der Waals surface area contributed by atoms with E-state index in [4.69, 9.17) is 11.6 Å². The minimum atomic E-state index is 0.0635. The molecule has 1 aliphatic rings. The highest BCUT2D eigenvalue weighted by Gasteiger charge is 2.19. The number of amides is 1. The molecule has 0 N–H and O–H groups in total. The van der Waals surface area contributed by atoms with E-state index in [0.29, 0.717) is 6.04 Å². The van der Waals surface area contributed by atoms with Crippen molar-refractivity contribution in [1.29, 1.82) is 0 Å². The van der Waals surface area contributed by atoms with Crippen molar-refractivity contribution in [3.63, 3.8) is 0 Å². The summed E-state index contributed by atoms with van der Waals surface area (Å²) in [4.78, 5) is 13.1. The first-order valence-corrected chi connectivity index (χ1v) is 5.60. The van der Waals surface area contributed by atoms with E-state index >= 15 is 0 Å². The van der Waals surface area contributed by atoms with Crippen molar-refractivity contribution in [2.75, 3.05) is 12.9 Å². The first kappa shape index (κ1) is 10.8. The van der Waals surface area contributed by atoms with Gasteiger partial charge in [-0.2, -0.15) is 0 Å². The smallest absolute Gasteiger partial charge is 0.237 e. The Morgan fingerprint density at radius 1 is 1.31 bits per heavy atom. The lowest BCUT2D eigenvalue weighted by molar-refractivity contribution is -0.129. The first-order valence-electron chi connectivity index (χ1n) is 5.07. The number of carbonyl (C=O) groups excluding carboxylic acids is 1. The third-order valence-electron chi connectivity index (χ3n) is 2.88. The largest absolute Gasteiger partial charge is 0.342 e. The fourth-order valence-electron chi connectivity index (χ4n) is 1.94. The Labute approximate surface area is 85.2 Å². The molecular weight excluding hydrogens is 186 g/mol. The number of alkyl halides is 1. The average molecular weight is 204 g/mol. The number of nitrogens with zero attached hydrogens (tertiary/aromatic N) is 1. The van der Waals surface area contributed by atoms with Gasteiger partial charge in [0, 0.05) is 13.1 Å². The van der Waals surface area contributed by atoms with Gasteiger partial charge in [0.1, 0.15) is 5.88 Å². The van der Waals surface area contributed by atoms with Gasteiger partial charge in [-0.25, -0.2) is 0 Å². The molecule has 1 fully saturated rings. The monoisotopic (exact) mass is 203 g/mol. The molecule has 3 heteroatoms. The van der Waals surface area contributed by atoms with Gasteiger partial charge in [0.15, 0.2) is 0 Å². The first-order chi connectivity index (χ1) is 6.25. The summed E-state index contributed by atoms with van der Waals surface area (Å²) in [6.45, 7) is 0. The van der Waals surface area contributed by atoms with E-state index in [-0.39, 0.29) is 11.8 Å². The quantitative estimate of drug-likeness (QED) is 0.499. The van der Waals surface area contributed by atoms with Crippen LogP contribution in [0.4, 0.5) is 0 Å². The summed E-state index contributed by atoms with van der Waals surface area (Å²) in [6.07, 6.45) is 7.45. The lowest BCUT2D eigenvalue weighted by Crippen LogP contribution is -2.37. The number of rotatable bonds is 2. The standard InChI is InChI=1S/C10H18ClNO/c1-12(10(13)8-11)9-6-4-2-3-5-7-9/h9H,2-8H2,1H3. The SMILES string of the molecule is CN(C(=O)CCl)C1CCCCCC1. The molecule has 2 nitrogen and oxygen atoms in total. The molecule has 13 heavy (non-hydrogen) atoms. The molecule has 1 rings (SSSR count). The Morgan fingerprint density at radius 2 is 1.85 bits per heavy atom. The van der Waals surface area contributed by atoms with E-state index in [2.05, 4.69) is 0 Å². The van der Waals surface area contributed by atoms with Crippen LogP contribution in [0.3, 0.4) is 0 Å². The van der Waals surface area contributed by atoms with Crippen LogP contribution in [0, 0.1) is 0 Å². The molecule has 0 atom stereocenters. The van der Waals surface area contributed by atoms with Crippen molar-refractivity contribution in [2.45, 2.75) is 44.6 Å². The van der Waals surface area contributed by atoms with Crippen LogP contribution in [0.5, 0.6) is 0 Å². The van der Waals surface area contributed by atoms with Crippen LogP contribution in [0.2, 0.25) is 0 Å². The third kappa shape index (κ3) is 3.18. The maximum Gasteiger partial charge on any atom is 0.237 e. The lowest BCUT2D eigenvalue weighted by atomic mass is 10.1. The Bertz CT molecular complexity index is 164. The second-order valence-corrected chi connectivity index (χ2v) is 4.05. The molecule has 0 saturated heterocycles. The molecule has 0 aromatic heterocycles. The highest BCUT2D eigenvalue weighted by Crippen LogP contribution is 2.21. The molecule has 0 spiro atoms. The van der Waals surface area contributed by atoms with E-state index in [1.54, 1.807) is 0 Å². The lowest BCUT2D eigenvalue weighted by Gasteiger charge is -2.26. The van der Waals surface area contributed by atoms with E-state index in [1.165, 1.54) is 25.7 Å². The zero-order valence-electron chi connectivity index (χ0n) is 8.26. The molecule has 1 amide bonds. The highest BCUT2D eigenvalue weighted by atomic mass is 35.5. The van der Waals surface area contributed by atoms with Crippen molar-refractivity contribution in [1.82, 2.24) is 4.90 Å². The van der Waals surface area contributed by atoms with Crippen molar-refractivity contribution in [3.8, 4) is 0 Å². The van der Waals surface area contributed by atoms with Crippen molar-refractivity contribution in [3.05, 3.63) is 0 Å². The van der Waals surface area contributed by atoms with Crippen LogP contribution in [-0.4, -0.2) is 29.8 Å². The van der Waals surface area contributed by atoms with Gasteiger partial charge in [-0.15, -0.1) is 11.6 Å². The molecule has 76 valence electrons. The minimum Gasteiger partial charge on any atom is -0.342 e. The molecule has 1 aliphatic carbocycles. The number of halogens is 1. The van der Waals surface area contributed by atoms with Crippen LogP contribution in [-0.2, 0) is 4.79 Å². The van der Waals surface area contributed by atoms with Crippen molar-refractivity contribution >= 4 is 17.5 Å². The maximum absolute atomic E-state index is 11.3. The van der Waals surface area contributed by atoms with Gasteiger partial charge in [0.2, 0.25) is 5.91 Å². The predicted octanol–water partition coefficient (Wildman–Crippen LogP) is 2.41. The van der Waals surface area contributed by atoms with Gasteiger partial charge in [-0.1, -0.05) is 25.7 Å². The van der Waals surface area contributed by atoms with Crippen LogP contribution in [0.1, 0.15) is 38.5 Å². The van der Waals surface area contributed by atoms with Gasteiger partial charge >= 0.3 is 0 Å². The number of hydrogen-bond donors (Lipinski definition) is 0. The van der Waals surface area contributed by atoms with E-state index in [0.717, 1.165) is 12.8 Å². The zero-order chi connectivity index (χ0) is 9.68. The molecular formula is C10H18ClNO. The fraction of sp³-hybridized carbons (Fsp3) is 0.900. The summed E-state index contributed by atoms with van der Waals surface area (Å²) in [5, 5.41) is 0. The summed E-state index contributed by atoms with van der Waals surface area (Å²) < 4.78 is 0. The zero-order valence-corrected chi connectivity index (χ0v) is 9.02. The van der Waals surface area contributed by atoms with Crippen LogP contribution in [0.15, 0.2) is 0 Å². The molecule has 0 aromatic carbocycles. The Kier molecular flexibility index (Phi) is 4.57. The molecule has 0 aliphatic heterocycles. The van der Waals surface area contributed by atoms with Gasteiger partial charge in [0.25, 0.3) is 0 Å². The van der Waals surface area contributed by atoms with E-state index in [9.17, 15) is 4.79 Å². The van der Waals surface area contributed by atoms with E-state index < -0.39 is 0 Å². The molecule has 0 heterocycles. The summed E-state index contributed by atoms with van der Waals surface area (Å²) in [5.74, 6) is 0.182. The second-order valence-electron chi connectivity index (χ2n) is 3.78. The Hall–Kier alpha value is -0.240. The second kappa shape index (κ2) is 5.48. The van der Waals surface area contributed by atoms with Crippen molar-refractivity contribution in [2.24, 2.45) is 0 Å². The molecule has 0 bridgehead atoms. The fourth-order valence-corrected chi connectivity index (χ4v) is 2.13. The third-order valence-corrected chi connectivity index (χ3v) is 3.11. The molecule has 0 radical (unpaired) electrons. The highest BCUT2D eigenvalue weighted by molar-refractivity contribution is 6.27. The molecule has 0 unspecified atom stereocenters. The summed E-state index contributed by atoms with van der Waals surface area (Å²) in [7, 11) is 1.88. The minimum absolute atomic E-state index is 0.0635. The summed E-state index contributed by atoms with van der Waals surface area (Å²) in [6, 6.07) is 0.439. The summed E-state index contributed by atoms with van der Waals surface area (Å²) in [5.41, 5.74) is 0. The van der Waals surface area contributed by atoms with Crippen LogP contribution < -0.4 is 0 Å². The normalized spacial score (nSPS) is 19.5. The van der Waals surface area contributed by atoms with Gasteiger partial charge < -0.3 is 4.90 Å². The molecule has 0 aromatic rings. The van der Waals surface area contributed by atoms with Gasteiger partial charge in [-0.3, -0.25) is 4.79 Å². The number of hydrogen-bond acceptors (Lipinski definition) is 1. The van der Waals surface area contributed by atoms with Crippen LogP contribution in [0.25, 0.3) is 0 Å². The van der Waals surface area contributed by atoms with Crippen molar-refractivity contribution < 1.29 is 4.79 Å². The maximum atomic E-state index is 11.3. The summed E-state index contributed by atoms with van der Waals surface area (Å²) >= 11 is 5.52. The molecule has 1 saturated carbocycles. The Morgan fingerprint density at radius 3 is 2.31 bits per heavy atom. The Balaban J connectivity index is 2.43. The number of carbonyl (C=O) groups is 1. The topological polar surface area (TPSA) is 20.3 Å².